The number of fused-ring (bicyclic) bond motifs is 3. The molecule has 1 aliphatic carbocycles. The van der Waals surface area contributed by atoms with Crippen LogP contribution in [0.4, 0.5) is 5.00 Å². The van der Waals surface area contributed by atoms with E-state index in [1.807, 2.05) is 12.1 Å². The number of carbonyl (C=O) groups is 2. The van der Waals surface area contributed by atoms with E-state index in [4.69, 9.17) is 9.15 Å². The predicted octanol–water partition coefficient (Wildman–Crippen LogP) is 4.54. The van der Waals surface area contributed by atoms with Crippen molar-refractivity contribution in [3.63, 3.8) is 0 Å². The highest BCUT2D eigenvalue weighted by atomic mass is 32.1. The molecule has 0 saturated heterocycles. The number of thiophene rings is 1. The number of aryl methyl sites for hydroxylation is 1. The summed E-state index contributed by atoms with van der Waals surface area (Å²) in [5.74, 6) is -0.585. The van der Waals surface area contributed by atoms with Crippen LogP contribution in [0.15, 0.2) is 47.1 Å². The molecule has 0 aliphatic heterocycles. The fourth-order valence-corrected chi connectivity index (χ4v) is 4.51. The van der Waals surface area contributed by atoms with Gasteiger partial charge < -0.3 is 14.5 Å². The Labute approximate surface area is 154 Å². The lowest BCUT2D eigenvalue weighted by Crippen LogP contribution is -2.15. The lowest BCUT2D eigenvalue weighted by molar-refractivity contribution is 0.0527. The SMILES string of the molecule is CCOC(=O)c1c(NC(=O)c2ccco2)sc2c1CCc1ccccc1-2. The van der Waals surface area contributed by atoms with Crippen molar-refractivity contribution >= 4 is 28.2 Å². The summed E-state index contributed by atoms with van der Waals surface area (Å²) < 4.78 is 10.4. The van der Waals surface area contributed by atoms with Crippen molar-refractivity contribution in [1.29, 1.82) is 0 Å². The lowest BCUT2D eigenvalue weighted by atomic mass is 9.89. The molecule has 0 fully saturated rings. The molecule has 1 aromatic carbocycles. The predicted molar refractivity (Wildman–Crippen MR) is 99.8 cm³/mol. The van der Waals surface area contributed by atoms with Gasteiger partial charge in [-0.1, -0.05) is 24.3 Å². The van der Waals surface area contributed by atoms with Crippen molar-refractivity contribution < 1.29 is 18.7 Å². The van der Waals surface area contributed by atoms with E-state index in [-0.39, 0.29) is 18.3 Å². The van der Waals surface area contributed by atoms with Crippen molar-refractivity contribution in [3.05, 3.63) is 65.1 Å². The smallest absolute Gasteiger partial charge is 0.341 e. The molecule has 6 heteroatoms. The van der Waals surface area contributed by atoms with E-state index in [0.29, 0.717) is 10.6 Å². The molecule has 2 aromatic heterocycles. The zero-order valence-corrected chi connectivity index (χ0v) is 15.0. The van der Waals surface area contributed by atoms with Crippen molar-refractivity contribution in [2.45, 2.75) is 19.8 Å². The molecule has 0 atom stereocenters. The molecule has 0 bridgehead atoms. The van der Waals surface area contributed by atoms with Crippen LogP contribution in [0.25, 0.3) is 10.4 Å². The Morgan fingerprint density at radius 3 is 2.81 bits per heavy atom. The van der Waals surface area contributed by atoms with Crippen molar-refractivity contribution in [1.82, 2.24) is 0 Å². The van der Waals surface area contributed by atoms with E-state index in [2.05, 4.69) is 17.4 Å². The molecule has 1 aliphatic rings. The molecule has 26 heavy (non-hydrogen) atoms. The molecule has 3 aromatic rings. The lowest BCUT2D eigenvalue weighted by Gasteiger charge is -2.16. The Bertz CT molecular complexity index is 972. The molecule has 132 valence electrons. The van der Waals surface area contributed by atoms with Gasteiger partial charge >= 0.3 is 5.97 Å². The van der Waals surface area contributed by atoms with E-state index >= 15 is 0 Å². The van der Waals surface area contributed by atoms with Crippen LogP contribution in [0.1, 0.15) is 39.0 Å². The maximum atomic E-state index is 12.6. The first-order valence-electron chi connectivity index (χ1n) is 8.45. The summed E-state index contributed by atoms with van der Waals surface area (Å²) in [7, 11) is 0. The van der Waals surface area contributed by atoms with E-state index < -0.39 is 5.97 Å². The van der Waals surface area contributed by atoms with Gasteiger partial charge in [-0.25, -0.2) is 4.79 Å². The molecule has 5 nitrogen and oxygen atoms in total. The number of hydrogen-bond acceptors (Lipinski definition) is 5. The number of anilines is 1. The Morgan fingerprint density at radius 1 is 1.19 bits per heavy atom. The van der Waals surface area contributed by atoms with Crippen LogP contribution in [0.5, 0.6) is 0 Å². The maximum absolute atomic E-state index is 12.6. The van der Waals surface area contributed by atoms with Crippen molar-refractivity contribution in [2.24, 2.45) is 0 Å². The number of nitrogens with one attached hydrogen (secondary N) is 1. The standard InChI is InChI=1S/C20H17NO4S/c1-2-24-20(23)16-14-10-9-12-6-3-4-7-13(12)17(14)26-19(16)21-18(22)15-8-5-11-25-15/h3-8,11H,2,9-10H2,1H3,(H,21,22). The number of benzene rings is 1. The summed E-state index contributed by atoms with van der Waals surface area (Å²) >= 11 is 1.41. The third kappa shape index (κ3) is 2.82. The van der Waals surface area contributed by atoms with Crippen LogP contribution in [0.2, 0.25) is 0 Å². The molecule has 0 spiro atoms. The number of carbonyl (C=O) groups excluding carboxylic acids is 2. The van der Waals surface area contributed by atoms with Gasteiger partial charge in [0.15, 0.2) is 5.76 Å². The molecule has 0 radical (unpaired) electrons. The first kappa shape index (κ1) is 16.6. The fourth-order valence-electron chi connectivity index (χ4n) is 3.22. The number of hydrogen-bond donors (Lipinski definition) is 1. The number of ether oxygens (including phenoxy) is 1. The third-order valence-electron chi connectivity index (χ3n) is 4.36. The molecule has 0 saturated carbocycles. The van der Waals surface area contributed by atoms with Gasteiger partial charge in [0.1, 0.15) is 5.00 Å². The van der Waals surface area contributed by atoms with Gasteiger partial charge in [0.25, 0.3) is 5.91 Å². The minimum atomic E-state index is -0.404. The van der Waals surface area contributed by atoms with Gasteiger partial charge in [0.2, 0.25) is 0 Å². The number of amides is 1. The molecule has 1 amide bonds. The molecule has 4 rings (SSSR count). The first-order chi connectivity index (χ1) is 12.7. The van der Waals surface area contributed by atoms with Crippen LogP contribution in [-0.4, -0.2) is 18.5 Å². The molecule has 1 N–H and O–H groups in total. The summed E-state index contributed by atoms with van der Waals surface area (Å²) in [5.41, 5.74) is 3.77. The number of furan rings is 1. The summed E-state index contributed by atoms with van der Waals surface area (Å²) in [6.45, 7) is 2.05. The number of rotatable bonds is 4. The molecular weight excluding hydrogens is 350 g/mol. The van der Waals surface area contributed by atoms with Gasteiger partial charge in [-0.3, -0.25) is 4.79 Å². The monoisotopic (exact) mass is 367 g/mol. The highest BCUT2D eigenvalue weighted by Crippen LogP contribution is 2.45. The highest BCUT2D eigenvalue weighted by Gasteiger charge is 2.30. The Morgan fingerprint density at radius 2 is 2.04 bits per heavy atom. The average molecular weight is 367 g/mol. The second-order valence-electron chi connectivity index (χ2n) is 5.92. The molecular formula is C20H17NO4S. The summed E-state index contributed by atoms with van der Waals surface area (Å²) in [5, 5.41) is 3.33. The van der Waals surface area contributed by atoms with Crippen LogP contribution < -0.4 is 5.32 Å². The summed E-state index contributed by atoms with van der Waals surface area (Å²) in [4.78, 5) is 26.0. The topological polar surface area (TPSA) is 68.5 Å². The maximum Gasteiger partial charge on any atom is 0.341 e. The Hall–Kier alpha value is -2.86. The van der Waals surface area contributed by atoms with Gasteiger partial charge in [0.05, 0.1) is 18.4 Å². The quantitative estimate of drug-likeness (QED) is 0.688. The van der Waals surface area contributed by atoms with Crippen LogP contribution in [-0.2, 0) is 17.6 Å². The van der Waals surface area contributed by atoms with Gasteiger partial charge in [-0.05, 0) is 48.6 Å². The second-order valence-corrected chi connectivity index (χ2v) is 6.94. The Kier molecular flexibility index (Phi) is 4.34. The van der Waals surface area contributed by atoms with E-state index in [1.165, 1.54) is 23.2 Å². The third-order valence-corrected chi connectivity index (χ3v) is 5.55. The molecule has 2 heterocycles. The van der Waals surface area contributed by atoms with E-state index in [1.54, 1.807) is 19.1 Å². The Balaban J connectivity index is 1.80. The zero-order valence-electron chi connectivity index (χ0n) is 14.2. The minimum Gasteiger partial charge on any atom is -0.462 e. The van der Waals surface area contributed by atoms with Crippen molar-refractivity contribution in [3.8, 4) is 10.4 Å². The minimum absolute atomic E-state index is 0.201. The largest absolute Gasteiger partial charge is 0.462 e. The van der Waals surface area contributed by atoms with E-state index in [9.17, 15) is 9.59 Å². The highest BCUT2D eigenvalue weighted by molar-refractivity contribution is 7.20. The van der Waals surface area contributed by atoms with Gasteiger partial charge in [-0.15, -0.1) is 11.3 Å². The zero-order chi connectivity index (χ0) is 18.1. The summed E-state index contributed by atoms with van der Waals surface area (Å²) in [6, 6.07) is 11.4. The summed E-state index contributed by atoms with van der Waals surface area (Å²) in [6.07, 6.45) is 3.04. The first-order valence-corrected chi connectivity index (χ1v) is 9.26. The molecule has 0 unspecified atom stereocenters. The van der Waals surface area contributed by atoms with E-state index in [0.717, 1.165) is 28.8 Å². The van der Waals surface area contributed by atoms with Crippen molar-refractivity contribution in [2.75, 3.05) is 11.9 Å². The fraction of sp³-hybridized carbons (Fsp3) is 0.200. The normalized spacial score (nSPS) is 12.2. The number of esters is 1. The second kappa shape index (κ2) is 6.80. The van der Waals surface area contributed by atoms with Crippen LogP contribution in [0.3, 0.4) is 0 Å². The average Bonchev–Trinajstić information content (AvgIpc) is 3.29. The van der Waals surface area contributed by atoms with Gasteiger partial charge in [-0.2, -0.15) is 0 Å². The van der Waals surface area contributed by atoms with Gasteiger partial charge in [0, 0.05) is 4.88 Å². The van der Waals surface area contributed by atoms with Crippen LogP contribution >= 0.6 is 11.3 Å². The van der Waals surface area contributed by atoms with Crippen LogP contribution in [0, 0.1) is 0 Å².